The van der Waals surface area contributed by atoms with E-state index < -0.39 is 7.12 Å². The second-order valence-corrected chi connectivity index (χ2v) is 7.10. The number of benzene rings is 1. The van der Waals surface area contributed by atoms with Gasteiger partial charge < -0.3 is 14.0 Å². The number of aromatic nitrogens is 2. The van der Waals surface area contributed by atoms with Crippen LogP contribution < -0.4 is 5.46 Å². The molecule has 6 heteroatoms. The Labute approximate surface area is 137 Å². The van der Waals surface area contributed by atoms with Crippen LogP contribution in [0.3, 0.4) is 0 Å². The lowest BCUT2D eigenvalue weighted by Gasteiger charge is -2.32. The highest BCUT2D eigenvalue weighted by Gasteiger charge is 2.52. The van der Waals surface area contributed by atoms with Crippen LogP contribution in [0.15, 0.2) is 18.3 Å². The van der Waals surface area contributed by atoms with E-state index >= 15 is 0 Å². The lowest BCUT2D eigenvalue weighted by Crippen LogP contribution is -2.41. The molecule has 0 atom stereocenters. The van der Waals surface area contributed by atoms with E-state index in [0.29, 0.717) is 6.61 Å². The average molecular weight is 314 g/mol. The SMILES string of the molecule is COCc1cnc2c(B3OC(C)(C)C(C)(C)O3)cc(C)cc2n1. The highest BCUT2D eigenvalue weighted by atomic mass is 16.7. The summed E-state index contributed by atoms with van der Waals surface area (Å²) < 4.78 is 17.5. The number of nitrogens with zero attached hydrogens (tertiary/aromatic N) is 2. The molecule has 1 fully saturated rings. The Hall–Kier alpha value is -1.50. The van der Waals surface area contributed by atoms with E-state index in [0.717, 1.165) is 27.8 Å². The first-order chi connectivity index (χ1) is 10.7. The van der Waals surface area contributed by atoms with Gasteiger partial charge in [0.25, 0.3) is 0 Å². The Morgan fingerprint density at radius 2 is 1.78 bits per heavy atom. The van der Waals surface area contributed by atoms with Crippen molar-refractivity contribution in [2.75, 3.05) is 7.11 Å². The third-order valence-corrected chi connectivity index (χ3v) is 4.67. The molecule has 0 bridgehead atoms. The molecule has 1 aromatic carbocycles. The van der Waals surface area contributed by atoms with Gasteiger partial charge in [-0.15, -0.1) is 0 Å². The summed E-state index contributed by atoms with van der Waals surface area (Å²) in [5.41, 5.74) is 3.73. The summed E-state index contributed by atoms with van der Waals surface area (Å²) in [5.74, 6) is 0. The number of aryl methyl sites for hydroxylation is 1. The summed E-state index contributed by atoms with van der Waals surface area (Å²) in [6.45, 7) is 10.7. The number of fused-ring (bicyclic) bond motifs is 1. The fourth-order valence-electron chi connectivity index (χ4n) is 2.70. The van der Waals surface area contributed by atoms with Crippen molar-refractivity contribution in [2.45, 2.75) is 52.4 Å². The summed E-state index contributed by atoms with van der Waals surface area (Å²) >= 11 is 0. The summed E-state index contributed by atoms with van der Waals surface area (Å²) in [6.07, 6.45) is 1.75. The molecule has 3 rings (SSSR count). The van der Waals surface area contributed by atoms with Gasteiger partial charge in [0, 0.05) is 12.6 Å². The van der Waals surface area contributed by atoms with E-state index in [1.165, 1.54) is 0 Å². The molecule has 1 saturated heterocycles. The van der Waals surface area contributed by atoms with E-state index in [1.54, 1.807) is 13.3 Å². The quantitative estimate of drug-likeness (QED) is 0.814. The highest BCUT2D eigenvalue weighted by Crippen LogP contribution is 2.36. The maximum atomic E-state index is 6.18. The van der Waals surface area contributed by atoms with Crippen molar-refractivity contribution in [1.29, 1.82) is 0 Å². The molecule has 0 radical (unpaired) electrons. The molecule has 0 N–H and O–H groups in total. The van der Waals surface area contributed by atoms with Crippen molar-refractivity contribution < 1.29 is 14.0 Å². The molecular formula is C17H23BN2O3. The smallest absolute Gasteiger partial charge is 0.399 e. The first-order valence-corrected chi connectivity index (χ1v) is 7.84. The highest BCUT2D eigenvalue weighted by molar-refractivity contribution is 6.64. The molecule has 2 aromatic rings. The van der Waals surface area contributed by atoms with Crippen LogP contribution in [0.1, 0.15) is 39.0 Å². The zero-order chi connectivity index (χ0) is 16.8. The van der Waals surface area contributed by atoms with Gasteiger partial charge in [-0.3, -0.25) is 4.98 Å². The van der Waals surface area contributed by atoms with Gasteiger partial charge in [-0.05, 0) is 46.2 Å². The van der Waals surface area contributed by atoms with Crippen molar-refractivity contribution in [1.82, 2.24) is 9.97 Å². The Kier molecular flexibility index (Phi) is 3.95. The molecule has 1 aliphatic heterocycles. The normalized spacial score (nSPS) is 19.5. The van der Waals surface area contributed by atoms with Crippen LogP contribution in [-0.2, 0) is 20.7 Å². The minimum atomic E-state index is -0.440. The van der Waals surface area contributed by atoms with Gasteiger partial charge in [-0.25, -0.2) is 4.98 Å². The molecule has 1 aromatic heterocycles. The topological polar surface area (TPSA) is 53.5 Å². The summed E-state index contributed by atoms with van der Waals surface area (Å²) in [7, 11) is 1.21. The molecule has 1 aliphatic rings. The monoisotopic (exact) mass is 314 g/mol. The summed E-state index contributed by atoms with van der Waals surface area (Å²) in [5, 5.41) is 0. The van der Waals surface area contributed by atoms with Crippen molar-refractivity contribution >= 4 is 23.6 Å². The molecule has 122 valence electrons. The minimum absolute atomic E-state index is 0.378. The molecule has 5 nitrogen and oxygen atoms in total. The predicted octanol–water partition coefficient (Wildman–Crippen LogP) is 2.38. The van der Waals surface area contributed by atoms with Gasteiger partial charge in [0.05, 0.1) is 40.7 Å². The van der Waals surface area contributed by atoms with Crippen LogP contribution in [0.2, 0.25) is 0 Å². The zero-order valence-corrected chi connectivity index (χ0v) is 14.6. The molecule has 0 amide bonds. The van der Waals surface area contributed by atoms with Gasteiger partial charge in [-0.1, -0.05) is 6.07 Å². The predicted molar refractivity (Wildman–Crippen MR) is 90.7 cm³/mol. The number of rotatable bonds is 3. The fourth-order valence-corrected chi connectivity index (χ4v) is 2.70. The third-order valence-electron chi connectivity index (χ3n) is 4.67. The molecule has 2 heterocycles. The lowest BCUT2D eigenvalue weighted by atomic mass is 9.77. The van der Waals surface area contributed by atoms with Gasteiger partial charge >= 0.3 is 7.12 Å². The Morgan fingerprint density at radius 1 is 1.13 bits per heavy atom. The van der Waals surface area contributed by atoms with Gasteiger partial charge in [0.1, 0.15) is 0 Å². The Balaban J connectivity index is 2.08. The standard InChI is InChI=1S/C17H23BN2O3/c1-11-7-13(18-22-16(2,3)17(4,5)23-18)15-14(8-11)20-12(9-19-15)10-21-6/h7-9H,10H2,1-6H3. The molecule has 23 heavy (non-hydrogen) atoms. The van der Waals surface area contributed by atoms with Crippen LogP contribution in [0.5, 0.6) is 0 Å². The number of hydrogen-bond acceptors (Lipinski definition) is 5. The van der Waals surface area contributed by atoms with Crippen LogP contribution in [-0.4, -0.2) is 35.4 Å². The van der Waals surface area contributed by atoms with E-state index in [2.05, 4.69) is 16.0 Å². The van der Waals surface area contributed by atoms with Crippen molar-refractivity contribution in [3.8, 4) is 0 Å². The van der Waals surface area contributed by atoms with Crippen molar-refractivity contribution in [3.63, 3.8) is 0 Å². The van der Waals surface area contributed by atoms with E-state index in [4.69, 9.17) is 14.0 Å². The van der Waals surface area contributed by atoms with E-state index in [-0.39, 0.29) is 11.2 Å². The summed E-state index contributed by atoms with van der Waals surface area (Å²) in [6, 6.07) is 4.09. The second-order valence-electron chi connectivity index (χ2n) is 7.10. The van der Waals surface area contributed by atoms with Gasteiger partial charge in [0.2, 0.25) is 0 Å². The summed E-state index contributed by atoms with van der Waals surface area (Å²) in [4.78, 5) is 9.21. The first kappa shape index (κ1) is 16.4. The maximum absolute atomic E-state index is 6.18. The first-order valence-electron chi connectivity index (χ1n) is 7.84. The van der Waals surface area contributed by atoms with Crippen molar-refractivity contribution in [2.24, 2.45) is 0 Å². The maximum Gasteiger partial charge on any atom is 0.497 e. The third kappa shape index (κ3) is 2.87. The zero-order valence-electron chi connectivity index (χ0n) is 14.6. The molecule has 0 spiro atoms. The molecule has 0 aliphatic carbocycles. The van der Waals surface area contributed by atoms with E-state index in [9.17, 15) is 0 Å². The van der Waals surface area contributed by atoms with Gasteiger partial charge in [0.15, 0.2) is 0 Å². The Bertz CT molecular complexity index is 730. The number of methoxy groups -OCH3 is 1. The number of hydrogen-bond donors (Lipinski definition) is 0. The van der Waals surface area contributed by atoms with E-state index in [1.807, 2.05) is 40.7 Å². The molecular weight excluding hydrogens is 291 g/mol. The minimum Gasteiger partial charge on any atom is -0.399 e. The Morgan fingerprint density at radius 3 is 2.39 bits per heavy atom. The van der Waals surface area contributed by atoms with Crippen LogP contribution >= 0.6 is 0 Å². The van der Waals surface area contributed by atoms with Crippen molar-refractivity contribution in [3.05, 3.63) is 29.6 Å². The van der Waals surface area contributed by atoms with Crippen LogP contribution in [0, 0.1) is 6.92 Å². The lowest BCUT2D eigenvalue weighted by molar-refractivity contribution is 0.00578. The fraction of sp³-hybridized carbons (Fsp3) is 0.529. The van der Waals surface area contributed by atoms with Crippen LogP contribution in [0.4, 0.5) is 0 Å². The number of ether oxygens (including phenoxy) is 1. The largest absolute Gasteiger partial charge is 0.497 e. The molecule has 0 unspecified atom stereocenters. The van der Waals surface area contributed by atoms with Crippen LogP contribution in [0.25, 0.3) is 11.0 Å². The second kappa shape index (κ2) is 5.55. The molecule has 0 saturated carbocycles. The average Bonchev–Trinajstić information content (AvgIpc) is 2.66. The van der Waals surface area contributed by atoms with Gasteiger partial charge in [-0.2, -0.15) is 0 Å².